The number of thioether (sulfide) groups is 1. The molecule has 1 N–H and O–H groups in total. The third-order valence-corrected chi connectivity index (χ3v) is 3.80. The molecule has 0 atom stereocenters. The summed E-state index contributed by atoms with van der Waals surface area (Å²) in [5.41, 5.74) is -0.0236. The average Bonchev–Trinajstić information content (AvgIpc) is 2.94. The maximum Gasteiger partial charge on any atom is 0.313 e. The van der Waals surface area contributed by atoms with Crippen molar-refractivity contribution < 1.29 is 19.6 Å². The van der Waals surface area contributed by atoms with Gasteiger partial charge in [-0.2, -0.15) is 0 Å². The highest BCUT2D eigenvalue weighted by atomic mass is 32.2. The first-order valence-electron chi connectivity index (χ1n) is 6.76. The normalized spacial score (nSPS) is 10.3. The second-order valence-electron chi connectivity index (χ2n) is 4.52. The van der Waals surface area contributed by atoms with E-state index >= 15 is 0 Å². The number of aliphatic carboxylic acids is 1. The molecule has 1 aromatic carbocycles. The Kier molecular flexibility index (Phi) is 5.90. The number of carboxylic acids is 1. The van der Waals surface area contributed by atoms with E-state index in [1.54, 1.807) is 10.6 Å². The molecule has 0 saturated heterocycles. The van der Waals surface area contributed by atoms with Crippen molar-refractivity contribution in [2.75, 3.05) is 5.75 Å². The molecule has 126 valence electrons. The number of allylic oxidation sites excluding steroid dienone is 1. The summed E-state index contributed by atoms with van der Waals surface area (Å²) in [4.78, 5) is 20.8. The van der Waals surface area contributed by atoms with Crippen molar-refractivity contribution in [1.82, 2.24) is 14.8 Å². The SMILES string of the molecule is C=CCn1c(COc2ccc([N+](=O)[O-])cc2)nnc1SCC(=O)O. The van der Waals surface area contributed by atoms with Crippen molar-refractivity contribution >= 4 is 23.4 Å². The maximum absolute atomic E-state index is 10.7. The van der Waals surface area contributed by atoms with E-state index in [2.05, 4.69) is 16.8 Å². The van der Waals surface area contributed by atoms with Crippen LogP contribution in [-0.2, 0) is 17.9 Å². The Morgan fingerprint density at radius 1 is 1.42 bits per heavy atom. The standard InChI is InChI=1S/C14H14N4O5S/c1-2-7-17-12(15-16-14(17)24-9-13(19)20)8-23-11-5-3-10(4-6-11)18(21)22/h2-6H,1,7-9H2,(H,19,20). The van der Waals surface area contributed by atoms with Gasteiger partial charge in [-0.3, -0.25) is 19.5 Å². The summed E-state index contributed by atoms with van der Waals surface area (Å²) in [6.07, 6.45) is 1.64. The van der Waals surface area contributed by atoms with E-state index in [4.69, 9.17) is 9.84 Å². The van der Waals surface area contributed by atoms with Gasteiger partial charge in [-0.05, 0) is 12.1 Å². The first kappa shape index (κ1) is 17.5. The minimum Gasteiger partial charge on any atom is -0.486 e. The number of hydrogen-bond donors (Lipinski definition) is 1. The molecule has 0 aliphatic rings. The van der Waals surface area contributed by atoms with Gasteiger partial charge in [0.1, 0.15) is 12.4 Å². The lowest BCUT2D eigenvalue weighted by atomic mass is 10.3. The molecule has 0 bridgehead atoms. The van der Waals surface area contributed by atoms with Crippen LogP contribution in [0.5, 0.6) is 5.75 Å². The van der Waals surface area contributed by atoms with Crippen LogP contribution in [0.1, 0.15) is 5.82 Å². The van der Waals surface area contributed by atoms with E-state index in [9.17, 15) is 14.9 Å². The van der Waals surface area contributed by atoms with E-state index in [1.807, 2.05) is 0 Å². The lowest BCUT2D eigenvalue weighted by Crippen LogP contribution is -2.08. The first-order valence-corrected chi connectivity index (χ1v) is 7.74. The Morgan fingerprint density at radius 2 is 2.12 bits per heavy atom. The molecular weight excluding hydrogens is 336 g/mol. The largest absolute Gasteiger partial charge is 0.486 e. The predicted molar refractivity (Wildman–Crippen MR) is 86.0 cm³/mol. The van der Waals surface area contributed by atoms with Gasteiger partial charge in [-0.25, -0.2) is 0 Å². The molecule has 9 nitrogen and oxygen atoms in total. The fourth-order valence-corrected chi connectivity index (χ4v) is 2.47. The Hall–Kier alpha value is -2.88. The van der Waals surface area contributed by atoms with Gasteiger partial charge in [0.25, 0.3) is 5.69 Å². The van der Waals surface area contributed by atoms with Crippen LogP contribution in [-0.4, -0.2) is 36.5 Å². The topological polar surface area (TPSA) is 120 Å². The van der Waals surface area contributed by atoms with Gasteiger partial charge >= 0.3 is 5.97 Å². The summed E-state index contributed by atoms with van der Waals surface area (Å²) >= 11 is 1.05. The number of carbonyl (C=O) groups is 1. The lowest BCUT2D eigenvalue weighted by Gasteiger charge is -2.08. The van der Waals surface area contributed by atoms with E-state index in [-0.39, 0.29) is 18.0 Å². The Balaban J connectivity index is 2.06. The smallest absolute Gasteiger partial charge is 0.313 e. The summed E-state index contributed by atoms with van der Waals surface area (Å²) in [7, 11) is 0. The van der Waals surface area contributed by atoms with Crippen LogP contribution in [0.2, 0.25) is 0 Å². The molecular formula is C14H14N4O5S. The summed E-state index contributed by atoms with van der Waals surface area (Å²) in [5.74, 6) is -0.121. The average molecular weight is 350 g/mol. The molecule has 0 fully saturated rings. The maximum atomic E-state index is 10.7. The van der Waals surface area contributed by atoms with Gasteiger partial charge in [-0.1, -0.05) is 17.8 Å². The second kappa shape index (κ2) is 8.11. The Morgan fingerprint density at radius 3 is 2.71 bits per heavy atom. The summed E-state index contributed by atoms with van der Waals surface area (Å²) < 4.78 is 7.25. The second-order valence-corrected chi connectivity index (χ2v) is 5.46. The van der Waals surface area contributed by atoms with Crippen molar-refractivity contribution in [3.8, 4) is 5.75 Å². The van der Waals surface area contributed by atoms with Gasteiger partial charge in [0.2, 0.25) is 0 Å². The molecule has 0 amide bonds. The lowest BCUT2D eigenvalue weighted by molar-refractivity contribution is -0.384. The number of benzene rings is 1. The highest BCUT2D eigenvalue weighted by Crippen LogP contribution is 2.20. The zero-order valence-corrected chi connectivity index (χ0v) is 13.3. The molecule has 0 aliphatic heterocycles. The fourth-order valence-electron chi connectivity index (χ4n) is 1.78. The van der Waals surface area contributed by atoms with Gasteiger partial charge in [-0.15, -0.1) is 16.8 Å². The molecule has 2 aromatic rings. The molecule has 2 rings (SSSR count). The van der Waals surface area contributed by atoms with Crippen molar-refractivity contribution in [2.24, 2.45) is 0 Å². The fraction of sp³-hybridized carbons (Fsp3) is 0.214. The highest BCUT2D eigenvalue weighted by molar-refractivity contribution is 7.99. The molecule has 0 spiro atoms. The van der Waals surface area contributed by atoms with Crippen LogP contribution >= 0.6 is 11.8 Å². The zero-order chi connectivity index (χ0) is 17.5. The van der Waals surface area contributed by atoms with Crippen LogP contribution < -0.4 is 4.74 Å². The zero-order valence-electron chi connectivity index (χ0n) is 12.5. The van der Waals surface area contributed by atoms with Crippen LogP contribution in [0, 0.1) is 10.1 Å². The van der Waals surface area contributed by atoms with Gasteiger partial charge in [0.05, 0.1) is 10.7 Å². The number of aromatic nitrogens is 3. The third kappa shape index (κ3) is 4.56. The summed E-state index contributed by atoms with van der Waals surface area (Å²) in [6, 6.07) is 5.68. The van der Waals surface area contributed by atoms with Crippen LogP contribution in [0.3, 0.4) is 0 Å². The minimum absolute atomic E-state index is 0.0236. The molecule has 0 aliphatic carbocycles. The van der Waals surface area contributed by atoms with E-state index < -0.39 is 10.9 Å². The third-order valence-electron chi connectivity index (χ3n) is 2.85. The Bertz CT molecular complexity index is 744. The molecule has 24 heavy (non-hydrogen) atoms. The first-order chi connectivity index (χ1) is 11.5. The van der Waals surface area contributed by atoms with Crippen molar-refractivity contribution in [3.63, 3.8) is 0 Å². The minimum atomic E-state index is -0.947. The summed E-state index contributed by atoms with van der Waals surface area (Å²) in [6.45, 7) is 4.15. The van der Waals surface area contributed by atoms with Gasteiger partial charge in [0.15, 0.2) is 11.0 Å². The number of nitro benzene ring substituents is 1. The quantitative estimate of drug-likeness (QED) is 0.316. The summed E-state index contributed by atoms with van der Waals surface area (Å²) in [5, 5.41) is 27.8. The van der Waals surface area contributed by atoms with Gasteiger partial charge < -0.3 is 9.84 Å². The molecule has 0 saturated carbocycles. The van der Waals surface area contributed by atoms with E-state index in [1.165, 1.54) is 24.3 Å². The van der Waals surface area contributed by atoms with Crippen LogP contribution in [0.25, 0.3) is 0 Å². The number of rotatable bonds is 9. The van der Waals surface area contributed by atoms with Crippen molar-refractivity contribution in [3.05, 3.63) is 52.9 Å². The molecule has 10 heteroatoms. The van der Waals surface area contributed by atoms with E-state index in [0.717, 1.165) is 11.8 Å². The highest BCUT2D eigenvalue weighted by Gasteiger charge is 2.14. The number of nitrogens with zero attached hydrogens (tertiary/aromatic N) is 4. The molecule has 1 aromatic heterocycles. The molecule has 1 heterocycles. The van der Waals surface area contributed by atoms with Gasteiger partial charge in [0, 0.05) is 18.7 Å². The molecule has 0 radical (unpaired) electrons. The number of carboxylic acid groups (broad SMARTS) is 1. The number of non-ortho nitro benzene ring substituents is 1. The monoisotopic (exact) mass is 350 g/mol. The van der Waals surface area contributed by atoms with E-state index in [0.29, 0.717) is 23.3 Å². The number of hydrogen-bond acceptors (Lipinski definition) is 7. The van der Waals surface area contributed by atoms with Crippen molar-refractivity contribution in [2.45, 2.75) is 18.3 Å². The van der Waals surface area contributed by atoms with Crippen LogP contribution in [0.15, 0.2) is 42.1 Å². The molecule has 0 unspecified atom stereocenters. The van der Waals surface area contributed by atoms with Crippen LogP contribution in [0.4, 0.5) is 5.69 Å². The number of nitro groups is 1. The predicted octanol–water partition coefficient (Wildman–Crippen LogP) is 2.13. The Labute approximate surface area is 141 Å². The van der Waals surface area contributed by atoms with Crippen molar-refractivity contribution in [1.29, 1.82) is 0 Å². The number of ether oxygens (including phenoxy) is 1.